The molecule has 0 N–H and O–H groups in total. The van der Waals surface area contributed by atoms with Crippen molar-refractivity contribution >= 4 is 7.82 Å². The number of allylic oxidation sites excluding steroid dienone is 1. The third kappa shape index (κ3) is 5.59. The highest BCUT2D eigenvalue weighted by molar-refractivity contribution is 7.48. The van der Waals surface area contributed by atoms with Gasteiger partial charge in [-0.2, -0.15) is 0 Å². The van der Waals surface area contributed by atoms with E-state index in [9.17, 15) is 4.57 Å². The van der Waals surface area contributed by atoms with Gasteiger partial charge in [0.15, 0.2) is 0 Å². The molecule has 3 saturated carbocycles. The molecule has 0 unspecified atom stereocenters. The molecular formula is C31H55O4P. The van der Waals surface area contributed by atoms with E-state index < -0.39 is 7.82 Å². The van der Waals surface area contributed by atoms with Crippen LogP contribution in [0.25, 0.3) is 0 Å². The molecule has 3 fully saturated rings. The molecule has 0 bridgehead atoms. The van der Waals surface area contributed by atoms with Crippen LogP contribution in [-0.4, -0.2) is 19.3 Å². The van der Waals surface area contributed by atoms with E-state index in [1.165, 1.54) is 51.4 Å². The summed E-state index contributed by atoms with van der Waals surface area (Å²) < 4.78 is 29.9. The van der Waals surface area contributed by atoms with E-state index in [0.29, 0.717) is 18.6 Å². The Hall–Kier alpha value is -0.150. The molecule has 36 heavy (non-hydrogen) atoms. The largest absolute Gasteiger partial charge is 0.475 e. The molecule has 4 nitrogen and oxygen atoms in total. The van der Waals surface area contributed by atoms with E-state index in [1.807, 2.05) is 13.8 Å². The first-order valence-electron chi connectivity index (χ1n) is 15.3. The van der Waals surface area contributed by atoms with Crippen LogP contribution in [0.15, 0.2) is 11.6 Å². The van der Waals surface area contributed by atoms with Crippen molar-refractivity contribution in [2.45, 2.75) is 125 Å². The predicted octanol–water partition coefficient (Wildman–Crippen LogP) is 9.59. The van der Waals surface area contributed by atoms with Crippen molar-refractivity contribution in [3.05, 3.63) is 11.6 Å². The van der Waals surface area contributed by atoms with E-state index >= 15 is 0 Å². The van der Waals surface area contributed by atoms with Crippen LogP contribution in [0.5, 0.6) is 0 Å². The summed E-state index contributed by atoms with van der Waals surface area (Å²) in [6, 6.07) is 0. The van der Waals surface area contributed by atoms with Gasteiger partial charge in [-0.15, -0.1) is 0 Å². The number of fused-ring (bicyclic) bond motifs is 5. The van der Waals surface area contributed by atoms with E-state index in [4.69, 9.17) is 13.6 Å². The quantitative estimate of drug-likeness (QED) is 0.200. The Morgan fingerprint density at radius 1 is 0.972 bits per heavy atom. The molecule has 0 spiro atoms. The van der Waals surface area contributed by atoms with Gasteiger partial charge in [-0.05, 0) is 112 Å². The molecule has 0 amide bonds. The molecule has 8 atom stereocenters. The van der Waals surface area contributed by atoms with Crippen LogP contribution in [0.4, 0.5) is 0 Å². The Labute approximate surface area is 222 Å². The fourth-order valence-electron chi connectivity index (χ4n) is 9.34. The molecule has 4 aliphatic rings. The normalized spacial score (nSPS) is 39.3. The molecule has 0 saturated heterocycles. The molecule has 0 radical (unpaired) electrons. The maximum atomic E-state index is 13.0. The molecule has 0 aliphatic heterocycles. The smallest absolute Gasteiger partial charge is 0.287 e. The molecule has 4 rings (SSSR count). The third-order valence-electron chi connectivity index (χ3n) is 11.1. The lowest BCUT2D eigenvalue weighted by Crippen LogP contribution is -2.51. The van der Waals surface area contributed by atoms with Crippen LogP contribution in [0, 0.1) is 46.3 Å². The maximum Gasteiger partial charge on any atom is 0.475 e. The number of hydrogen-bond donors (Lipinski definition) is 0. The Morgan fingerprint density at radius 2 is 1.69 bits per heavy atom. The molecule has 4 aliphatic carbocycles. The highest BCUT2D eigenvalue weighted by atomic mass is 31.2. The summed E-state index contributed by atoms with van der Waals surface area (Å²) in [4.78, 5) is 0. The van der Waals surface area contributed by atoms with E-state index in [2.05, 4.69) is 40.7 Å². The van der Waals surface area contributed by atoms with Crippen LogP contribution in [0.1, 0.15) is 119 Å². The number of hydrogen-bond acceptors (Lipinski definition) is 4. The van der Waals surface area contributed by atoms with Gasteiger partial charge in [0.2, 0.25) is 0 Å². The fourth-order valence-corrected chi connectivity index (χ4v) is 10.7. The minimum absolute atomic E-state index is 0.0683. The first kappa shape index (κ1) is 28.8. The lowest BCUT2D eigenvalue weighted by atomic mass is 9.47. The van der Waals surface area contributed by atoms with Crippen molar-refractivity contribution in [3.8, 4) is 0 Å². The molecule has 0 heterocycles. The van der Waals surface area contributed by atoms with Crippen LogP contribution in [0.2, 0.25) is 0 Å². The van der Waals surface area contributed by atoms with Crippen LogP contribution >= 0.6 is 7.82 Å². The van der Waals surface area contributed by atoms with Crippen molar-refractivity contribution in [3.63, 3.8) is 0 Å². The number of rotatable bonds is 11. The third-order valence-corrected chi connectivity index (χ3v) is 12.8. The topological polar surface area (TPSA) is 44.8 Å². The zero-order chi connectivity index (χ0) is 26.1. The minimum Gasteiger partial charge on any atom is -0.287 e. The van der Waals surface area contributed by atoms with E-state index in [1.54, 1.807) is 5.57 Å². The summed E-state index contributed by atoms with van der Waals surface area (Å²) in [5.74, 6) is 5.10. The van der Waals surface area contributed by atoms with Crippen molar-refractivity contribution in [2.75, 3.05) is 13.2 Å². The number of phosphoric acid groups is 1. The summed E-state index contributed by atoms with van der Waals surface area (Å²) in [6.45, 7) is 16.9. The molecular weight excluding hydrogens is 467 g/mol. The first-order valence-corrected chi connectivity index (χ1v) is 16.8. The number of phosphoric ester groups is 1. The van der Waals surface area contributed by atoms with Gasteiger partial charge in [-0.3, -0.25) is 13.6 Å². The molecule has 0 aromatic heterocycles. The van der Waals surface area contributed by atoms with Gasteiger partial charge in [0.25, 0.3) is 0 Å². The first-order chi connectivity index (χ1) is 17.1. The zero-order valence-corrected chi connectivity index (χ0v) is 25.3. The van der Waals surface area contributed by atoms with E-state index in [0.717, 1.165) is 54.8 Å². The van der Waals surface area contributed by atoms with Crippen molar-refractivity contribution in [2.24, 2.45) is 46.3 Å². The lowest BCUT2D eigenvalue weighted by molar-refractivity contribution is -0.0577. The second-order valence-corrected chi connectivity index (χ2v) is 15.2. The molecule has 208 valence electrons. The summed E-state index contributed by atoms with van der Waals surface area (Å²) in [5, 5.41) is 0. The molecule has 5 heteroatoms. The van der Waals surface area contributed by atoms with Gasteiger partial charge in [0.05, 0.1) is 19.3 Å². The Balaban J connectivity index is 1.44. The molecule has 0 aromatic rings. The van der Waals surface area contributed by atoms with Gasteiger partial charge in [0, 0.05) is 0 Å². The minimum atomic E-state index is -3.47. The summed E-state index contributed by atoms with van der Waals surface area (Å²) in [7, 11) is -3.47. The van der Waals surface area contributed by atoms with Crippen LogP contribution in [0.3, 0.4) is 0 Å². The lowest BCUT2D eigenvalue weighted by Gasteiger charge is -2.58. The molecule has 0 aromatic carbocycles. The van der Waals surface area contributed by atoms with Gasteiger partial charge in [-0.25, -0.2) is 4.57 Å². The van der Waals surface area contributed by atoms with Gasteiger partial charge in [-0.1, -0.05) is 65.5 Å². The summed E-state index contributed by atoms with van der Waals surface area (Å²) >= 11 is 0. The highest BCUT2D eigenvalue weighted by Gasteiger charge is 2.59. The Bertz CT molecular complexity index is 813. The van der Waals surface area contributed by atoms with Crippen LogP contribution in [-0.2, 0) is 18.1 Å². The Kier molecular flexibility index (Phi) is 9.24. The summed E-state index contributed by atoms with van der Waals surface area (Å²) in [6.07, 6.45) is 16.5. The fraction of sp³-hybridized carbons (Fsp3) is 0.935. The SMILES string of the molecule is CCOP(=O)(OCC)O[C@H]1CC[C@@]2(C)C(=CC[C@H]3[C@@H]4CC[C@H]([C@@H](C)CCCC(C)C)[C@@]4(C)CC[C@@H]32)C1. The highest BCUT2D eigenvalue weighted by Crippen LogP contribution is 2.68. The van der Waals surface area contributed by atoms with Crippen LogP contribution < -0.4 is 0 Å². The second-order valence-electron chi connectivity index (χ2n) is 13.5. The monoisotopic (exact) mass is 522 g/mol. The average molecular weight is 523 g/mol. The van der Waals surface area contributed by atoms with Gasteiger partial charge >= 0.3 is 7.82 Å². The van der Waals surface area contributed by atoms with Gasteiger partial charge in [0.1, 0.15) is 0 Å². The van der Waals surface area contributed by atoms with Crippen molar-refractivity contribution in [1.29, 1.82) is 0 Å². The Morgan fingerprint density at radius 3 is 2.36 bits per heavy atom. The van der Waals surface area contributed by atoms with Gasteiger partial charge < -0.3 is 0 Å². The maximum absolute atomic E-state index is 13.0. The van der Waals surface area contributed by atoms with Crippen molar-refractivity contribution in [1.82, 2.24) is 0 Å². The van der Waals surface area contributed by atoms with Crippen molar-refractivity contribution < 1.29 is 18.1 Å². The standard InChI is InChI=1S/C31H55O4P/c1-8-33-36(32,34-9-2)35-25-17-19-30(6)24(21-25)13-14-26-28-16-15-27(23(5)12-10-11-22(3)4)31(28,7)20-18-29(26)30/h13,22-23,25-29H,8-12,14-21H2,1-7H3/t23-,25-,26-,27+,28-,29-,30-,31+/m0/s1. The zero-order valence-electron chi connectivity index (χ0n) is 24.4. The van der Waals surface area contributed by atoms with E-state index in [-0.39, 0.29) is 11.5 Å². The summed E-state index contributed by atoms with van der Waals surface area (Å²) in [5.41, 5.74) is 2.36. The second kappa shape index (κ2) is 11.5. The predicted molar refractivity (Wildman–Crippen MR) is 149 cm³/mol. The average Bonchev–Trinajstić information content (AvgIpc) is 3.16.